The molecule has 0 bridgehead atoms. The molecule has 1 heteroatoms. The summed E-state index contributed by atoms with van der Waals surface area (Å²) in [5, 5.41) is 2.65. The van der Waals surface area contributed by atoms with E-state index in [1.807, 2.05) is 6.08 Å². The lowest BCUT2D eigenvalue weighted by atomic mass is 9.67. The van der Waals surface area contributed by atoms with Gasteiger partial charge in [0.25, 0.3) is 0 Å². The summed E-state index contributed by atoms with van der Waals surface area (Å²) >= 11 is 0. The number of hydrogen-bond acceptors (Lipinski definition) is 0. The smallest absolute Gasteiger partial charge is 0.0985 e. The zero-order valence-corrected chi connectivity index (χ0v) is 9.46. The fourth-order valence-electron chi connectivity index (χ4n) is 2.58. The maximum Gasteiger partial charge on any atom is 0.188 e. The van der Waals surface area contributed by atoms with Crippen molar-refractivity contribution >= 4 is 29.1 Å². The van der Waals surface area contributed by atoms with E-state index in [1.54, 1.807) is 0 Å². The van der Waals surface area contributed by atoms with Crippen molar-refractivity contribution in [3.63, 3.8) is 0 Å². The van der Waals surface area contributed by atoms with Gasteiger partial charge in [0.2, 0.25) is 0 Å². The molecule has 0 aliphatic carbocycles. The number of benzene rings is 2. The molecule has 0 fully saturated rings. The van der Waals surface area contributed by atoms with Gasteiger partial charge in [0.15, 0.2) is 7.28 Å². The molecule has 0 radical (unpaired) electrons. The third kappa shape index (κ3) is 1.25. The quantitative estimate of drug-likeness (QED) is 0.626. The highest BCUT2D eigenvalue weighted by atomic mass is 14.1. The van der Waals surface area contributed by atoms with Crippen LogP contribution >= 0.6 is 0 Å². The molecule has 1 aliphatic rings. The van der Waals surface area contributed by atoms with Gasteiger partial charge >= 0.3 is 0 Å². The average Bonchev–Trinajstić information content (AvgIpc) is 2.60. The van der Waals surface area contributed by atoms with Crippen LogP contribution in [0, 0.1) is 0 Å². The largest absolute Gasteiger partial charge is 0.188 e. The summed E-state index contributed by atoms with van der Waals surface area (Å²) in [6, 6.07) is 13.1. The fourth-order valence-corrected chi connectivity index (χ4v) is 2.58. The first-order chi connectivity index (χ1) is 7.79. The molecule has 3 rings (SSSR count). The summed E-state index contributed by atoms with van der Waals surface area (Å²) in [6.45, 7) is 6.11. The monoisotopic (exact) mass is 204 g/mol. The van der Waals surface area contributed by atoms with E-state index in [-0.39, 0.29) is 0 Å². The van der Waals surface area contributed by atoms with Crippen LogP contribution in [0.25, 0.3) is 16.3 Å². The summed E-state index contributed by atoms with van der Waals surface area (Å²) in [5.74, 6) is 0. The zero-order chi connectivity index (χ0) is 11.1. The van der Waals surface area contributed by atoms with Gasteiger partial charge in [0.05, 0.1) is 0 Å². The Morgan fingerprint density at radius 1 is 1.12 bits per heavy atom. The van der Waals surface area contributed by atoms with Gasteiger partial charge in [0, 0.05) is 0 Å². The molecule has 2 aromatic rings. The molecule has 0 nitrogen and oxygen atoms in total. The standard InChI is InChI=1S/C15H13B/c1-3-13-10(2)16-15-9-12-7-5-4-6-11(12)8-14(13)15/h3-9,16H,1H2,2H3. The number of fused-ring (bicyclic) bond motifs is 2. The van der Waals surface area contributed by atoms with E-state index >= 15 is 0 Å². The molecule has 1 heterocycles. The fraction of sp³-hybridized carbons (Fsp3) is 0.0667. The Bertz CT molecular complexity index is 620. The molecular weight excluding hydrogens is 191 g/mol. The second kappa shape index (κ2) is 3.38. The summed E-state index contributed by atoms with van der Waals surface area (Å²) < 4.78 is 0. The van der Waals surface area contributed by atoms with Gasteiger partial charge in [-0.05, 0) is 28.0 Å². The topological polar surface area (TPSA) is 0 Å². The third-order valence-electron chi connectivity index (χ3n) is 3.38. The van der Waals surface area contributed by atoms with Crippen LogP contribution in [0.5, 0.6) is 0 Å². The van der Waals surface area contributed by atoms with Crippen molar-refractivity contribution in [2.45, 2.75) is 6.92 Å². The molecule has 2 aromatic carbocycles. The number of allylic oxidation sites excluding steroid dienone is 3. The third-order valence-corrected chi connectivity index (χ3v) is 3.38. The van der Waals surface area contributed by atoms with Gasteiger partial charge in [0.1, 0.15) is 0 Å². The summed E-state index contributed by atoms with van der Waals surface area (Å²) in [6.07, 6.45) is 1.98. The average molecular weight is 204 g/mol. The van der Waals surface area contributed by atoms with Crippen molar-refractivity contribution in [3.05, 3.63) is 60.1 Å². The molecule has 0 saturated heterocycles. The molecule has 16 heavy (non-hydrogen) atoms. The van der Waals surface area contributed by atoms with Crippen molar-refractivity contribution in [1.29, 1.82) is 0 Å². The van der Waals surface area contributed by atoms with Gasteiger partial charge < -0.3 is 0 Å². The predicted octanol–water partition coefficient (Wildman–Crippen LogP) is 2.83. The maximum atomic E-state index is 3.91. The van der Waals surface area contributed by atoms with Crippen LogP contribution in [0.4, 0.5) is 0 Å². The van der Waals surface area contributed by atoms with Crippen molar-refractivity contribution in [1.82, 2.24) is 0 Å². The van der Waals surface area contributed by atoms with Crippen molar-refractivity contribution in [2.75, 3.05) is 0 Å². The van der Waals surface area contributed by atoms with Crippen LogP contribution < -0.4 is 5.46 Å². The Balaban J connectivity index is 2.32. The molecular formula is C15H13B. The highest BCUT2D eigenvalue weighted by Gasteiger charge is 2.18. The summed E-state index contributed by atoms with van der Waals surface area (Å²) in [7, 11) is 1.07. The van der Waals surface area contributed by atoms with E-state index in [0.29, 0.717) is 0 Å². The highest BCUT2D eigenvalue weighted by molar-refractivity contribution is 6.66. The highest BCUT2D eigenvalue weighted by Crippen LogP contribution is 2.26. The maximum absolute atomic E-state index is 3.91. The van der Waals surface area contributed by atoms with E-state index in [4.69, 9.17) is 0 Å². The number of hydrogen-bond donors (Lipinski definition) is 0. The normalized spacial score (nSPS) is 13.8. The molecule has 0 saturated carbocycles. The predicted molar refractivity (Wildman–Crippen MR) is 73.5 cm³/mol. The summed E-state index contributed by atoms with van der Waals surface area (Å²) in [5.41, 5.74) is 5.55. The Hall–Kier alpha value is -1.76. The molecule has 0 unspecified atom stereocenters. The Kier molecular flexibility index (Phi) is 2.00. The molecule has 0 N–H and O–H groups in total. The molecule has 0 aromatic heterocycles. The van der Waals surface area contributed by atoms with Crippen LogP contribution in [0.1, 0.15) is 12.5 Å². The minimum absolute atomic E-state index is 1.07. The van der Waals surface area contributed by atoms with Gasteiger partial charge in [-0.2, -0.15) is 0 Å². The van der Waals surface area contributed by atoms with Crippen LogP contribution in [0.3, 0.4) is 0 Å². The Labute approximate surface area is 96.5 Å². The Morgan fingerprint density at radius 2 is 1.81 bits per heavy atom. The lowest BCUT2D eigenvalue weighted by molar-refractivity contribution is 1.66. The first-order valence-corrected chi connectivity index (χ1v) is 5.64. The lowest BCUT2D eigenvalue weighted by Crippen LogP contribution is -2.12. The Morgan fingerprint density at radius 3 is 2.50 bits per heavy atom. The zero-order valence-electron chi connectivity index (χ0n) is 9.46. The van der Waals surface area contributed by atoms with Crippen LogP contribution in [-0.4, -0.2) is 7.28 Å². The second-order valence-corrected chi connectivity index (χ2v) is 4.43. The first-order valence-electron chi connectivity index (χ1n) is 5.64. The van der Waals surface area contributed by atoms with Crippen molar-refractivity contribution in [3.8, 4) is 0 Å². The van der Waals surface area contributed by atoms with E-state index in [9.17, 15) is 0 Å². The lowest BCUT2D eigenvalue weighted by Gasteiger charge is -2.05. The van der Waals surface area contributed by atoms with Crippen LogP contribution in [0.2, 0.25) is 0 Å². The van der Waals surface area contributed by atoms with Crippen molar-refractivity contribution < 1.29 is 0 Å². The number of rotatable bonds is 1. The van der Waals surface area contributed by atoms with Gasteiger partial charge in [-0.25, -0.2) is 0 Å². The molecule has 1 aliphatic heterocycles. The van der Waals surface area contributed by atoms with E-state index < -0.39 is 0 Å². The van der Waals surface area contributed by atoms with Gasteiger partial charge in [-0.3, -0.25) is 0 Å². The second-order valence-electron chi connectivity index (χ2n) is 4.43. The van der Waals surface area contributed by atoms with E-state index in [0.717, 1.165) is 7.28 Å². The molecule has 76 valence electrons. The molecule has 0 atom stereocenters. The minimum atomic E-state index is 1.07. The minimum Gasteiger partial charge on any atom is -0.0985 e. The van der Waals surface area contributed by atoms with Crippen molar-refractivity contribution in [2.24, 2.45) is 0 Å². The SMILES string of the molecule is C=CC1=C(C)Bc2cc3ccccc3cc21. The summed E-state index contributed by atoms with van der Waals surface area (Å²) in [4.78, 5) is 0. The molecule has 0 amide bonds. The van der Waals surface area contributed by atoms with E-state index in [1.165, 1.54) is 32.8 Å². The van der Waals surface area contributed by atoms with Crippen LogP contribution in [0.15, 0.2) is 54.5 Å². The van der Waals surface area contributed by atoms with Gasteiger partial charge in [-0.1, -0.05) is 60.8 Å². The molecule has 0 spiro atoms. The van der Waals surface area contributed by atoms with Gasteiger partial charge in [-0.15, -0.1) is 0 Å². The van der Waals surface area contributed by atoms with Crippen LogP contribution in [-0.2, 0) is 0 Å². The van der Waals surface area contributed by atoms with E-state index in [2.05, 4.69) is 49.9 Å². The first kappa shape index (κ1) is 9.47.